The van der Waals surface area contributed by atoms with Crippen LogP contribution in [-0.2, 0) is 19.1 Å². The first-order valence-electron chi connectivity index (χ1n) is 15.6. The normalized spacial score (nSPS) is 16.4. The van der Waals surface area contributed by atoms with Crippen molar-refractivity contribution in [2.75, 3.05) is 26.4 Å². The predicted octanol–water partition coefficient (Wildman–Crippen LogP) is 9.07. The molecule has 0 saturated heterocycles. The zero-order chi connectivity index (χ0) is 28.6. The van der Waals surface area contributed by atoms with Gasteiger partial charge < -0.3 is 9.47 Å². The van der Waals surface area contributed by atoms with Gasteiger partial charge in [-0.2, -0.15) is 0 Å². The fraction of sp³-hybridized carbons (Fsp3) is 0.824. The summed E-state index contributed by atoms with van der Waals surface area (Å²) in [7, 11) is 0. The molecule has 0 bridgehead atoms. The van der Waals surface area contributed by atoms with Crippen LogP contribution in [0.25, 0.3) is 0 Å². The maximum Gasteiger partial charge on any atom is 0.182 e. The van der Waals surface area contributed by atoms with Gasteiger partial charge in [-0.1, -0.05) is 93.9 Å². The van der Waals surface area contributed by atoms with Gasteiger partial charge in [-0.15, -0.1) is 0 Å². The van der Waals surface area contributed by atoms with E-state index in [1.807, 2.05) is 0 Å². The number of hydrogen-bond donors (Lipinski definition) is 0. The average molecular weight is 533 g/mol. The molecule has 4 nitrogen and oxygen atoms in total. The predicted molar refractivity (Wildman–Crippen MR) is 160 cm³/mol. The molecule has 4 heteroatoms. The summed E-state index contributed by atoms with van der Waals surface area (Å²) in [4.78, 5) is 26.4. The van der Waals surface area contributed by atoms with Crippen LogP contribution in [-0.4, -0.2) is 38.0 Å². The number of carbonyl (C=O) groups excluding carboxylic acids is 2. The minimum Gasteiger partial charge on any atom is -0.381 e. The van der Waals surface area contributed by atoms with E-state index in [1.165, 1.54) is 12.8 Å². The molecule has 0 aliphatic heterocycles. The number of carbonyl (C=O) groups is 2. The fourth-order valence-electron chi connectivity index (χ4n) is 5.23. The molecule has 0 fully saturated rings. The molecule has 0 heterocycles. The molecule has 0 amide bonds. The zero-order valence-corrected chi connectivity index (χ0v) is 26.3. The van der Waals surface area contributed by atoms with Gasteiger partial charge in [0.2, 0.25) is 0 Å². The molecular formula is C34H60O4. The van der Waals surface area contributed by atoms with Crippen molar-refractivity contribution in [2.24, 2.45) is 22.7 Å². The third-order valence-electron chi connectivity index (χ3n) is 8.33. The number of ketones is 2. The Morgan fingerprint density at radius 2 is 0.974 bits per heavy atom. The largest absolute Gasteiger partial charge is 0.381 e. The van der Waals surface area contributed by atoms with Crippen molar-refractivity contribution < 1.29 is 19.1 Å². The van der Waals surface area contributed by atoms with Gasteiger partial charge in [0.1, 0.15) is 0 Å². The summed E-state index contributed by atoms with van der Waals surface area (Å²) in [5, 5.41) is 0. The van der Waals surface area contributed by atoms with Crippen molar-refractivity contribution in [2.45, 2.75) is 132 Å². The van der Waals surface area contributed by atoms with E-state index in [0.717, 1.165) is 90.6 Å². The van der Waals surface area contributed by atoms with E-state index >= 15 is 0 Å². The molecule has 0 spiro atoms. The Bertz CT molecular complexity index is 694. The lowest BCUT2D eigenvalue weighted by Crippen LogP contribution is -2.30. The number of ether oxygens (including phenoxy) is 2. The smallest absolute Gasteiger partial charge is 0.182 e. The van der Waals surface area contributed by atoms with Crippen molar-refractivity contribution in [1.82, 2.24) is 0 Å². The molecule has 2 unspecified atom stereocenters. The third kappa shape index (κ3) is 13.2. The summed E-state index contributed by atoms with van der Waals surface area (Å²) < 4.78 is 11.4. The summed E-state index contributed by atoms with van der Waals surface area (Å²) in [6.45, 7) is 20.8. The standard InChI is InChI=1S/C34H60O4/c1-9-11-21-37-23-17-27(3)15-13-19-33(5,6)29-25-32(36)30(26-31(29)35)34(7,8)20-14-16-28(4)18-24-38-22-12-10-2/h25-28H,9-24H2,1-8H3. The second-order valence-electron chi connectivity index (χ2n) is 13.1. The van der Waals surface area contributed by atoms with Crippen molar-refractivity contribution in [1.29, 1.82) is 0 Å². The maximum absolute atomic E-state index is 13.2. The lowest BCUT2D eigenvalue weighted by atomic mass is 9.70. The van der Waals surface area contributed by atoms with Crippen LogP contribution in [0.5, 0.6) is 0 Å². The van der Waals surface area contributed by atoms with E-state index < -0.39 is 0 Å². The Hall–Kier alpha value is -1.26. The van der Waals surface area contributed by atoms with Crippen LogP contribution in [0.2, 0.25) is 0 Å². The fourth-order valence-corrected chi connectivity index (χ4v) is 5.23. The van der Waals surface area contributed by atoms with Gasteiger partial charge >= 0.3 is 0 Å². The van der Waals surface area contributed by atoms with Crippen LogP contribution < -0.4 is 0 Å². The van der Waals surface area contributed by atoms with Crippen LogP contribution in [0.4, 0.5) is 0 Å². The second kappa shape index (κ2) is 18.2. The van der Waals surface area contributed by atoms with E-state index in [0.29, 0.717) is 23.0 Å². The highest BCUT2D eigenvalue weighted by Crippen LogP contribution is 2.40. The minimum atomic E-state index is -0.301. The molecule has 220 valence electrons. The quantitative estimate of drug-likeness (QED) is 0.103. The summed E-state index contributed by atoms with van der Waals surface area (Å²) in [6.07, 6.45) is 16.2. The molecule has 38 heavy (non-hydrogen) atoms. The van der Waals surface area contributed by atoms with Gasteiger partial charge in [0.05, 0.1) is 0 Å². The van der Waals surface area contributed by atoms with Crippen molar-refractivity contribution in [3.8, 4) is 0 Å². The molecule has 1 rings (SSSR count). The summed E-state index contributed by atoms with van der Waals surface area (Å²) in [5.41, 5.74) is 0.749. The van der Waals surface area contributed by atoms with E-state index in [4.69, 9.17) is 9.47 Å². The lowest BCUT2D eigenvalue weighted by molar-refractivity contribution is -0.116. The van der Waals surface area contributed by atoms with Crippen LogP contribution in [0.1, 0.15) is 132 Å². The molecule has 0 saturated carbocycles. The molecule has 0 aromatic rings. The van der Waals surface area contributed by atoms with Crippen molar-refractivity contribution in [3.05, 3.63) is 23.3 Å². The Balaban J connectivity index is 2.52. The molecule has 1 aliphatic rings. The zero-order valence-electron chi connectivity index (χ0n) is 26.3. The number of hydrogen-bond acceptors (Lipinski definition) is 4. The van der Waals surface area contributed by atoms with Crippen molar-refractivity contribution >= 4 is 11.6 Å². The van der Waals surface area contributed by atoms with Gasteiger partial charge in [-0.25, -0.2) is 0 Å². The van der Waals surface area contributed by atoms with Gasteiger partial charge in [0.25, 0.3) is 0 Å². The topological polar surface area (TPSA) is 52.6 Å². The SMILES string of the molecule is CCCCOCCC(C)CCCC(C)(C)C1=CC(=O)C(C(C)(C)CCCC(C)CCOCCCC)=CC1=O. The monoisotopic (exact) mass is 532 g/mol. The highest BCUT2D eigenvalue weighted by Gasteiger charge is 2.36. The van der Waals surface area contributed by atoms with Gasteiger partial charge in [0.15, 0.2) is 11.6 Å². The van der Waals surface area contributed by atoms with E-state index in [-0.39, 0.29) is 22.4 Å². The first-order chi connectivity index (χ1) is 17.9. The molecule has 0 aromatic heterocycles. The number of unbranched alkanes of at least 4 members (excludes halogenated alkanes) is 2. The Morgan fingerprint density at radius 1 is 0.605 bits per heavy atom. The van der Waals surface area contributed by atoms with Gasteiger partial charge in [-0.3, -0.25) is 9.59 Å². The van der Waals surface area contributed by atoms with E-state index in [2.05, 4.69) is 55.4 Å². The van der Waals surface area contributed by atoms with Gasteiger partial charge in [0, 0.05) is 37.6 Å². The molecule has 0 aromatic carbocycles. The Morgan fingerprint density at radius 3 is 1.32 bits per heavy atom. The molecule has 1 aliphatic carbocycles. The van der Waals surface area contributed by atoms with E-state index in [1.54, 1.807) is 12.2 Å². The Kier molecular flexibility index (Phi) is 16.6. The van der Waals surface area contributed by atoms with Crippen LogP contribution in [0, 0.1) is 22.7 Å². The second-order valence-corrected chi connectivity index (χ2v) is 13.1. The minimum absolute atomic E-state index is 0.0210. The Labute approximate surface area is 235 Å². The number of allylic oxidation sites excluding steroid dienone is 4. The maximum atomic E-state index is 13.2. The highest BCUT2D eigenvalue weighted by atomic mass is 16.5. The molecule has 0 N–H and O–H groups in total. The highest BCUT2D eigenvalue weighted by molar-refractivity contribution is 6.20. The average Bonchev–Trinajstić information content (AvgIpc) is 2.84. The van der Waals surface area contributed by atoms with Crippen LogP contribution >= 0.6 is 0 Å². The number of rotatable bonds is 22. The molecule has 0 radical (unpaired) electrons. The van der Waals surface area contributed by atoms with Crippen molar-refractivity contribution in [3.63, 3.8) is 0 Å². The first kappa shape index (κ1) is 34.8. The summed E-state index contributed by atoms with van der Waals surface area (Å²) >= 11 is 0. The van der Waals surface area contributed by atoms with E-state index in [9.17, 15) is 9.59 Å². The van der Waals surface area contributed by atoms with Crippen LogP contribution in [0.3, 0.4) is 0 Å². The van der Waals surface area contributed by atoms with Crippen LogP contribution in [0.15, 0.2) is 23.3 Å². The molecular weight excluding hydrogens is 472 g/mol. The summed E-state index contributed by atoms with van der Waals surface area (Å²) in [6, 6.07) is 0. The molecule has 2 atom stereocenters. The third-order valence-corrected chi connectivity index (χ3v) is 8.33. The lowest BCUT2D eigenvalue weighted by Gasteiger charge is -2.33. The summed E-state index contributed by atoms with van der Waals surface area (Å²) in [5.74, 6) is 1.25. The van der Waals surface area contributed by atoms with Gasteiger partial charge in [-0.05, 0) is 73.3 Å². The first-order valence-corrected chi connectivity index (χ1v) is 15.6.